The maximum Gasteiger partial charge on any atom is 0.118 e. The Balaban J connectivity index is 2.45. The zero-order valence-corrected chi connectivity index (χ0v) is 8.59. The molecule has 0 bridgehead atoms. The summed E-state index contributed by atoms with van der Waals surface area (Å²) in [5.74, 6) is 0.391. The number of phenols is 1. The Hall–Kier alpha value is -1.02. The highest BCUT2D eigenvalue weighted by atomic mass is 16.3. The van der Waals surface area contributed by atoms with Gasteiger partial charge in [-0.05, 0) is 37.0 Å². The van der Waals surface area contributed by atoms with E-state index in [1.54, 1.807) is 6.07 Å². The Morgan fingerprint density at radius 1 is 1.43 bits per heavy atom. The first-order valence-electron chi connectivity index (χ1n) is 5.19. The van der Waals surface area contributed by atoms with Gasteiger partial charge in [0.15, 0.2) is 0 Å². The fourth-order valence-corrected chi connectivity index (χ4v) is 2.38. The lowest BCUT2D eigenvalue weighted by Gasteiger charge is -2.42. The predicted molar refractivity (Wildman–Crippen MR) is 57.4 cm³/mol. The van der Waals surface area contributed by atoms with Crippen molar-refractivity contribution in [3.63, 3.8) is 0 Å². The minimum atomic E-state index is 0.156. The van der Waals surface area contributed by atoms with Crippen molar-refractivity contribution in [3.8, 4) is 5.75 Å². The van der Waals surface area contributed by atoms with Gasteiger partial charge in [-0.1, -0.05) is 18.6 Å². The number of phenolic OH excluding ortho intramolecular Hbond substituents is 1. The van der Waals surface area contributed by atoms with Gasteiger partial charge in [0, 0.05) is 12.0 Å². The molecule has 3 N–H and O–H groups in total. The molecule has 0 radical (unpaired) electrons. The molecule has 0 unspecified atom stereocenters. The van der Waals surface area contributed by atoms with Crippen molar-refractivity contribution in [2.24, 2.45) is 5.73 Å². The Kier molecular flexibility index (Phi) is 2.23. The zero-order chi connectivity index (χ0) is 10.2. The molecule has 2 nitrogen and oxygen atoms in total. The number of nitrogens with two attached hydrogens (primary N) is 1. The van der Waals surface area contributed by atoms with E-state index in [2.05, 4.69) is 6.07 Å². The van der Waals surface area contributed by atoms with Gasteiger partial charge < -0.3 is 10.8 Å². The molecule has 0 amide bonds. The standard InChI is InChI=1S/C12H17NO/c1-9-10(4-2-5-11(9)14)12(8-13)6-3-7-12/h2,4-5,14H,3,6-8,13H2,1H3. The van der Waals surface area contributed by atoms with Crippen LogP contribution in [0.2, 0.25) is 0 Å². The van der Waals surface area contributed by atoms with E-state index < -0.39 is 0 Å². The van der Waals surface area contributed by atoms with Crippen LogP contribution in [0.4, 0.5) is 0 Å². The summed E-state index contributed by atoms with van der Waals surface area (Å²) < 4.78 is 0. The number of hydrogen-bond acceptors (Lipinski definition) is 2. The monoisotopic (exact) mass is 191 g/mol. The smallest absolute Gasteiger partial charge is 0.118 e. The van der Waals surface area contributed by atoms with Gasteiger partial charge in [-0.2, -0.15) is 0 Å². The maximum atomic E-state index is 9.64. The van der Waals surface area contributed by atoms with E-state index in [1.165, 1.54) is 12.0 Å². The van der Waals surface area contributed by atoms with E-state index in [4.69, 9.17) is 5.73 Å². The number of benzene rings is 1. The summed E-state index contributed by atoms with van der Waals surface area (Å²) in [6.45, 7) is 2.66. The summed E-state index contributed by atoms with van der Waals surface area (Å²) in [5.41, 5.74) is 8.23. The van der Waals surface area contributed by atoms with Crippen LogP contribution in [-0.4, -0.2) is 11.7 Å². The molecule has 0 aliphatic heterocycles. The van der Waals surface area contributed by atoms with Crippen molar-refractivity contribution in [2.75, 3.05) is 6.54 Å². The Morgan fingerprint density at radius 2 is 2.14 bits per heavy atom. The summed E-state index contributed by atoms with van der Waals surface area (Å²) in [6, 6.07) is 5.75. The van der Waals surface area contributed by atoms with Crippen molar-refractivity contribution >= 4 is 0 Å². The van der Waals surface area contributed by atoms with E-state index in [-0.39, 0.29) is 5.41 Å². The van der Waals surface area contributed by atoms with Crippen LogP contribution in [0.25, 0.3) is 0 Å². The summed E-state index contributed by atoms with van der Waals surface area (Å²) in [5, 5.41) is 9.64. The topological polar surface area (TPSA) is 46.2 Å². The molecule has 0 saturated heterocycles. The molecule has 1 aliphatic carbocycles. The molecule has 2 rings (SSSR count). The van der Waals surface area contributed by atoms with Crippen LogP contribution >= 0.6 is 0 Å². The molecule has 1 aromatic carbocycles. The largest absolute Gasteiger partial charge is 0.508 e. The van der Waals surface area contributed by atoms with E-state index in [0.717, 1.165) is 18.4 Å². The first-order chi connectivity index (χ1) is 6.69. The molecule has 14 heavy (non-hydrogen) atoms. The normalized spacial score (nSPS) is 19.0. The summed E-state index contributed by atoms with van der Waals surface area (Å²) in [7, 11) is 0. The van der Waals surface area contributed by atoms with Crippen LogP contribution in [0.5, 0.6) is 5.75 Å². The van der Waals surface area contributed by atoms with E-state index >= 15 is 0 Å². The molecule has 2 heteroatoms. The molecule has 1 fully saturated rings. The van der Waals surface area contributed by atoms with Gasteiger partial charge in [-0.15, -0.1) is 0 Å². The van der Waals surface area contributed by atoms with Crippen molar-refractivity contribution < 1.29 is 5.11 Å². The quantitative estimate of drug-likeness (QED) is 0.751. The van der Waals surface area contributed by atoms with Gasteiger partial charge in [-0.3, -0.25) is 0 Å². The molecule has 1 aromatic rings. The van der Waals surface area contributed by atoms with Crippen LogP contribution in [0.1, 0.15) is 30.4 Å². The van der Waals surface area contributed by atoms with E-state index in [9.17, 15) is 5.11 Å². The Bertz CT molecular complexity index is 337. The lowest BCUT2D eigenvalue weighted by Crippen LogP contribution is -2.42. The lowest BCUT2D eigenvalue weighted by molar-refractivity contribution is 0.251. The first-order valence-corrected chi connectivity index (χ1v) is 5.19. The van der Waals surface area contributed by atoms with Crippen molar-refractivity contribution in [2.45, 2.75) is 31.6 Å². The zero-order valence-electron chi connectivity index (χ0n) is 8.59. The van der Waals surface area contributed by atoms with E-state index in [1.807, 2.05) is 13.0 Å². The molecular formula is C12H17NO. The third kappa shape index (κ3) is 1.22. The summed E-state index contributed by atoms with van der Waals surface area (Å²) >= 11 is 0. The van der Waals surface area contributed by atoms with Gasteiger partial charge in [-0.25, -0.2) is 0 Å². The number of aromatic hydroxyl groups is 1. The van der Waals surface area contributed by atoms with Gasteiger partial charge in [0.05, 0.1) is 0 Å². The summed E-state index contributed by atoms with van der Waals surface area (Å²) in [6.07, 6.45) is 3.58. The third-order valence-electron chi connectivity index (χ3n) is 3.58. The Morgan fingerprint density at radius 3 is 2.64 bits per heavy atom. The highest BCUT2D eigenvalue weighted by Gasteiger charge is 2.38. The minimum absolute atomic E-state index is 0.156. The van der Waals surface area contributed by atoms with Crippen LogP contribution in [0.3, 0.4) is 0 Å². The van der Waals surface area contributed by atoms with Gasteiger partial charge in [0.25, 0.3) is 0 Å². The van der Waals surface area contributed by atoms with Crippen LogP contribution in [0.15, 0.2) is 18.2 Å². The second kappa shape index (κ2) is 3.28. The maximum absolute atomic E-state index is 9.64. The van der Waals surface area contributed by atoms with Crippen LogP contribution in [-0.2, 0) is 5.41 Å². The predicted octanol–water partition coefficient (Wildman–Crippen LogP) is 2.08. The molecule has 1 aliphatic rings. The molecular weight excluding hydrogens is 174 g/mol. The van der Waals surface area contributed by atoms with Crippen molar-refractivity contribution in [3.05, 3.63) is 29.3 Å². The SMILES string of the molecule is Cc1c(O)cccc1C1(CN)CCC1. The fraction of sp³-hybridized carbons (Fsp3) is 0.500. The Labute approximate surface area is 84.7 Å². The van der Waals surface area contributed by atoms with Crippen molar-refractivity contribution in [1.82, 2.24) is 0 Å². The molecule has 0 atom stereocenters. The molecule has 0 heterocycles. The second-order valence-electron chi connectivity index (χ2n) is 4.29. The molecule has 1 saturated carbocycles. The van der Waals surface area contributed by atoms with Crippen LogP contribution in [0, 0.1) is 6.92 Å². The fourth-order valence-electron chi connectivity index (χ4n) is 2.38. The molecule has 0 aromatic heterocycles. The average Bonchev–Trinajstić information content (AvgIpc) is 2.11. The second-order valence-corrected chi connectivity index (χ2v) is 4.29. The van der Waals surface area contributed by atoms with Gasteiger partial charge >= 0.3 is 0 Å². The van der Waals surface area contributed by atoms with Gasteiger partial charge in [0.1, 0.15) is 5.75 Å². The molecule has 76 valence electrons. The first kappa shape index (κ1) is 9.53. The van der Waals surface area contributed by atoms with Crippen LogP contribution < -0.4 is 5.73 Å². The highest BCUT2D eigenvalue weighted by molar-refractivity contribution is 5.43. The van der Waals surface area contributed by atoms with Gasteiger partial charge in [0.2, 0.25) is 0 Å². The lowest BCUT2D eigenvalue weighted by atomic mass is 9.63. The number of hydrogen-bond donors (Lipinski definition) is 2. The third-order valence-corrected chi connectivity index (χ3v) is 3.58. The summed E-state index contributed by atoms with van der Waals surface area (Å²) in [4.78, 5) is 0. The average molecular weight is 191 g/mol. The number of rotatable bonds is 2. The minimum Gasteiger partial charge on any atom is -0.508 e. The van der Waals surface area contributed by atoms with E-state index in [0.29, 0.717) is 12.3 Å². The highest BCUT2D eigenvalue weighted by Crippen LogP contribution is 2.45. The van der Waals surface area contributed by atoms with Crippen molar-refractivity contribution in [1.29, 1.82) is 0 Å². The molecule has 0 spiro atoms.